The van der Waals surface area contributed by atoms with Crippen LogP contribution < -0.4 is 0 Å². The lowest BCUT2D eigenvalue weighted by molar-refractivity contribution is 0.799. The molecular weight excluding hydrogens is 156 g/mol. The van der Waals surface area contributed by atoms with E-state index in [4.69, 9.17) is 6.42 Å². The van der Waals surface area contributed by atoms with Crippen molar-refractivity contribution in [3.05, 3.63) is 10.0 Å². The van der Waals surface area contributed by atoms with E-state index in [0.29, 0.717) is 0 Å². The Labute approximate surface area is 70.7 Å². The van der Waals surface area contributed by atoms with Gasteiger partial charge in [0.1, 0.15) is 10.0 Å². The average Bonchev–Trinajstić information content (AvgIpc) is 2.39. The Hall–Kier alpha value is -0.880. The van der Waals surface area contributed by atoms with Crippen molar-refractivity contribution in [2.75, 3.05) is 0 Å². The monoisotopic (exact) mass is 166 g/mol. The smallest absolute Gasteiger partial charge is 0.132 e. The molecule has 0 saturated heterocycles. The third-order valence-corrected chi connectivity index (χ3v) is 2.40. The number of aryl methyl sites for hydroxylation is 1. The highest BCUT2D eigenvalue weighted by atomic mass is 32.1. The predicted molar refractivity (Wildman–Crippen MR) is 46.5 cm³/mol. The molecule has 0 saturated carbocycles. The summed E-state index contributed by atoms with van der Waals surface area (Å²) < 4.78 is 0. The summed E-state index contributed by atoms with van der Waals surface area (Å²) in [6.07, 6.45) is 6.25. The molecule has 1 rings (SSSR count). The fourth-order valence-corrected chi connectivity index (χ4v) is 1.66. The largest absolute Gasteiger partial charge is 0.144 e. The van der Waals surface area contributed by atoms with Crippen LogP contribution >= 0.6 is 11.3 Å². The van der Waals surface area contributed by atoms with Gasteiger partial charge in [-0.15, -0.1) is 28.0 Å². The van der Waals surface area contributed by atoms with E-state index in [9.17, 15) is 0 Å². The third-order valence-electron chi connectivity index (χ3n) is 1.45. The molecule has 58 valence electrons. The Balaban J connectivity index is 2.84. The maximum Gasteiger partial charge on any atom is 0.132 e. The first-order chi connectivity index (χ1) is 5.27. The number of aromatic nitrogens is 2. The molecule has 1 unspecified atom stereocenters. The van der Waals surface area contributed by atoms with Crippen molar-refractivity contribution < 1.29 is 0 Å². The van der Waals surface area contributed by atoms with Crippen LogP contribution in [0.1, 0.15) is 29.3 Å². The van der Waals surface area contributed by atoms with E-state index in [2.05, 4.69) is 23.0 Å². The first-order valence-electron chi connectivity index (χ1n) is 3.54. The normalized spacial score (nSPS) is 12.5. The summed E-state index contributed by atoms with van der Waals surface area (Å²) in [5.41, 5.74) is 0. The van der Waals surface area contributed by atoms with Gasteiger partial charge in [-0.1, -0.05) is 12.8 Å². The molecule has 0 radical (unpaired) electrons. The number of rotatable bonds is 2. The molecule has 0 N–H and O–H groups in total. The van der Waals surface area contributed by atoms with Gasteiger partial charge in [0, 0.05) is 0 Å². The van der Waals surface area contributed by atoms with Crippen molar-refractivity contribution >= 4 is 11.3 Å². The summed E-state index contributed by atoms with van der Waals surface area (Å²) in [6.45, 7) is 3.99. The molecule has 1 aromatic rings. The number of hydrogen-bond donors (Lipinski definition) is 0. The van der Waals surface area contributed by atoms with Gasteiger partial charge in [-0.3, -0.25) is 0 Å². The average molecular weight is 166 g/mol. The summed E-state index contributed by atoms with van der Waals surface area (Å²) in [6, 6.07) is 0. The molecule has 0 aliphatic heterocycles. The molecule has 1 heterocycles. The van der Waals surface area contributed by atoms with Gasteiger partial charge in [0.05, 0.1) is 5.92 Å². The molecule has 0 aromatic carbocycles. The fourth-order valence-electron chi connectivity index (χ4n) is 0.816. The van der Waals surface area contributed by atoms with Crippen molar-refractivity contribution in [3.8, 4) is 12.3 Å². The summed E-state index contributed by atoms with van der Waals surface area (Å²) in [5, 5.41) is 9.84. The Morgan fingerprint density at radius 1 is 1.64 bits per heavy atom. The molecular formula is C8H10N2S. The van der Waals surface area contributed by atoms with Crippen LogP contribution in [0.3, 0.4) is 0 Å². The maximum absolute atomic E-state index is 5.31. The molecule has 0 amide bonds. The zero-order valence-corrected chi connectivity index (χ0v) is 7.48. The number of nitrogens with zero attached hydrogens (tertiary/aromatic N) is 2. The van der Waals surface area contributed by atoms with Crippen LogP contribution in [-0.2, 0) is 0 Å². The molecule has 0 aliphatic rings. The van der Waals surface area contributed by atoms with Crippen LogP contribution in [0, 0.1) is 19.3 Å². The van der Waals surface area contributed by atoms with Crippen molar-refractivity contribution in [1.29, 1.82) is 0 Å². The SMILES string of the molecule is C#CC(CC)c1nnc(C)s1. The van der Waals surface area contributed by atoms with Crippen LogP contribution in [0.4, 0.5) is 0 Å². The van der Waals surface area contributed by atoms with Gasteiger partial charge < -0.3 is 0 Å². The highest BCUT2D eigenvalue weighted by Crippen LogP contribution is 2.21. The second kappa shape index (κ2) is 3.49. The van der Waals surface area contributed by atoms with E-state index in [0.717, 1.165) is 16.4 Å². The zero-order valence-electron chi connectivity index (χ0n) is 6.66. The topological polar surface area (TPSA) is 25.8 Å². The Morgan fingerprint density at radius 2 is 2.36 bits per heavy atom. The maximum atomic E-state index is 5.31. The van der Waals surface area contributed by atoms with Gasteiger partial charge >= 0.3 is 0 Å². The summed E-state index contributed by atoms with van der Waals surface area (Å²) in [4.78, 5) is 0. The van der Waals surface area contributed by atoms with Crippen LogP contribution in [0.2, 0.25) is 0 Å². The number of terminal acetylenes is 1. The second-order valence-corrected chi connectivity index (χ2v) is 3.50. The van der Waals surface area contributed by atoms with Crippen LogP contribution in [-0.4, -0.2) is 10.2 Å². The van der Waals surface area contributed by atoms with Crippen LogP contribution in [0.5, 0.6) is 0 Å². The standard InChI is InChI=1S/C8H10N2S/c1-4-7(5-2)8-10-9-6(3)11-8/h1,7H,5H2,2-3H3. The van der Waals surface area contributed by atoms with Crippen molar-refractivity contribution in [2.24, 2.45) is 0 Å². The second-order valence-electron chi connectivity index (χ2n) is 2.29. The van der Waals surface area contributed by atoms with Crippen molar-refractivity contribution in [2.45, 2.75) is 26.2 Å². The lowest BCUT2D eigenvalue weighted by atomic mass is 10.1. The van der Waals surface area contributed by atoms with E-state index < -0.39 is 0 Å². The minimum atomic E-state index is 0.154. The molecule has 0 aliphatic carbocycles. The quantitative estimate of drug-likeness (QED) is 0.628. The van der Waals surface area contributed by atoms with Crippen molar-refractivity contribution in [3.63, 3.8) is 0 Å². The summed E-state index contributed by atoms with van der Waals surface area (Å²) in [5.74, 6) is 2.84. The van der Waals surface area contributed by atoms with Gasteiger partial charge in [-0.05, 0) is 13.3 Å². The predicted octanol–water partition coefficient (Wildman–Crippen LogP) is 1.97. The molecule has 0 fully saturated rings. The Bertz CT molecular complexity index is 272. The van der Waals surface area contributed by atoms with E-state index >= 15 is 0 Å². The molecule has 11 heavy (non-hydrogen) atoms. The van der Waals surface area contributed by atoms with Gasteiger partial charge in [-0.2, -0.15) is 0 Å². The Morgan fingerprint density at radius 3 is 2.73 bits per heavy atom. The van der Waals surface area contributed by atoms with Gasteiger partial charge in [0.15, 0.2) is 0 Å². The lowest BCUT2D eigenvalue weighted by Crippen LogP contribution is -1.91. The minimum Gasteiger partial charge on any atom is -0.144 e. The summed E-state index contributed by atoms with van der Waals surface area (Å²) >= 11 is 1.58. The fraction of sp³-hybridized carbons (Fsp3) is 0.500. The van der Waals surface area contributed by atoms with Crippen LogP contribution in [0.25, 0.3) is 0 Å². The molecule has 1 aromatic heterocycles. The van der Waals surface area contributed by atoms with E-state index in [1.807, 2.05) is 6.92 Å². The first-order valence-corrected chi connectivity index (χ1v) is 4.35. The van der Waals surface area contributed by atoms with Gasteiger partial charge in [0.2, 0.25) is 0 Å². The highest BCUT2D eigenvalue weighted by molar-refractivity contribution is 7.11. The number of hydrogen-bond acceptors (Lipinski definition) is 3. The van der Waals surface area contributed by atoms with E-state index in [-0.39, 0.29) is 5.92 Å². The molecule has 3 heteroatoms. The lowest BCUT2D eigenvalue weighted by Gasteiger charge is -1.99. The van der Waals surface area contributed by atoms with Crippen LogP contribution in [0.15, 0.2) is 0 Å². The molecule has 1 atom stereocenters. The molecule has 0 spiro atoms. The molecule has 0 bridgehead atoms. The summed E-state index contributed by atoms with van der Waals surface area (Å²) in [7, 11) is 0. The van der Waals surface area contributed by atoms with E-state index in [1.165, 1.54) is 0 Å². The van der Waals surface area contributed by atoms with Crippen molar-refractivity contribution in [1.82, 2.24) is 10.2 Å². The minimum absolute atomic E-state index is 0.154. The van der Waals surface area contributed by atoms with Gasteiger partial charge in [0.25, 0.3) is 0 Å². The first kappa shape index (κ1) is 8.22. The van der Waals surface area contributed by atoms with Gasteiger partial charge in [-0.25, -0.2) is 0 Å². The molecule has 2 nitrogen and oxygen atoms in total. The zero-order chi connectivity index (χ0) is 8.27. The Kier molecular flexibility index (Phi) is 2.61. The van der Waals surface area contributed by atoms with E-state index in [1.54, 1.807) is 11.3 Å². The highest BCUT2D eigenvalue weighted by Gasteiger charge is 2.09. The third kappa shape index (κ3) is 1.78.